The van der Waals surface area contributed by atoms with Gasteiger partial charge >= 0.3 is 0 Å². The molecule has 0 heterocycles. The van der Waals surface area contributed by atoms with E-state index in [-0.39, 0.29) is 6.61 Å². The summed E-state index contributed by atoms with van der Waals surface area (Å²) < 4.78 is 43.6. The molecule has 0 fully saturated rings. The Hall–Kier alpha value is -2.60. The molecular formula is C18H17F3N2O. The molecule has 0 amide bonds. The third-order valence-electron chi connectivity index (χ3n) is 3.14. The van der Waals surface area contributed by atoms with Crippen LogP contribution in [0.4, 0.5) is 18.9 Å². The normalized spacial score (nSPS) is 12.2. The molecule has 0 radical (unpaired) electrons. The Morgan fingerprint density at radius 2 is 1.88 bits per heavy atom. The van der Waals surface area contributed by atoms with E-state index in [4.69, 9.17) is 10.5 Å². The smallest absolute Gasteiger partial charge is 0.277 e. The lowest BCUT2D eigenvalue weighted by Gasteiger charge is -2.07. The molecule has 0 saturated carbocycles. The van der Waals surface area contributed by atoms with Crippen LogP contribution < -0.4 is 5.73 Å². The van der Waals surface area contributed by atoms with Crippen molar-refractivity contribution in [1.82, 2.24) is 0 Å². The predicted molar refractivity (Wildman–Crippen MR) is 87.8 cm³/mol. The summed E-state index contributed by atoms with van der Waals surface area (Å²) in [7, 11) is 0. The number of hydrogen-bond acceptors (Lipinski definition) is 3. The summed E-state index contributed by atoms with van der Waals surface area (Å²) in [5.74, 6) is -0.421. The summed E-state index contributed by atoms with van der Waals surface area (Å²) in [5, 5.41) is 0. The number of benzene rings is 2. The first-order chi connectivity index (χ1) is 11.6. The molecule has 0 bridgehead atoms. The van der Waals surface area contributed by atoms with Crippen molar-refractivity contribution in [3.63, 3.8) is 0 Å². The van der Waals surface area contributed by atoms with Crippen LogP contribution in [0.1, 0.15) is 11.1 Å². The maximum Gasteiger partial charge on any atom is 0.277 e. The summed E-state index contributed by atoms with van der Waals surface area (Å²) >= 11 is 0. The molecule has 2 aromatic rings. The van der Waals surface area contributed by atoms with E-state index in [9.17, 15) is 13.2 Å². The molecule has 0 unspecified atom stereocenters. The molecule has 126 valence electrons. The number of hydrogen-bond donors (Lipinski definition) is 1. The van der Waals surface area contributed by atoms with Gasteiger partial charge in [-0.25, -0.2) is 13.2 Å². The summed E-state index contributed by atoms with van der Waals surface area (Å²) in [6, 6.07) is 13.5. The molecule has 3 nitrogen and oxygen atoms in total. The molecular weight excluding hydrogens is 317 g/mol. The van der Waals surface area contributed by atoms with Crippen molar-refractivity contribution in [2.24, 2.45) is 10.7 Å². The van der Waals surface area contributed by atoms with Gasteiger partial charge in [0.2, 0.25) is 0 Å². The molecule has 0 aliphatic heterocycles. The largest absolute Gasteiger partial charge is 0.397 e. The minimum atomic E-state index is -2.74. The average molecular weight is 334 g/mol. The first-order valence-electron chi connectivity index (χ1n) is 7.24. The van der Waals surface area contributed by atoms with E-state index in [0.717, 1.165) is 17.9 Å². The number of ether oxygens (including phenoxy) is 1. The van der Waals surface area contributed by atoms with E-state index in [0.29, 0.717) is 17.9 Å². The maximum atomic E-state index is 13.4. The highest BCUT2D eigenvalue weighted by Gasteiger charge is 2.05. The minimum absolute atomic E-state index is 0.146. The molecule has 0 spiro atoms. The van der Waals surface area contributed by atoms with E-state index in [1.807, 2.05) is 30.3 Å². The molecule has 24 heavy (non-hydrogen) atoms. The Morgan fingerprint density at radius 1 is 1.12 bits per heavy atom. The average Bonchev–Trinajstić information content (AvgIpc) is 2.57. The molecule has 2 rings (SSSR count). The highest BCUT2D eigenvalue weighted by atomic mass is 19.3. The van der Waals surface area contributed by atoms with E-state index in [1.54, 1.807) is 0 Å². The molecule has 2 N–H and O–H groups in total. The Balaban J connectivity index is 2.04. The number of halogens is 3. The van der Waals surface area contributed by atoms with Gasteiger partial charge in [-0.2, -0.15) is 0 Å². The van der Waals surface area contributed by atoms with Crippen molar-refractivity contribution in [2.75, 3.05) is 0 Å². The van der Waals surface area contributed by atoms with Crippen molar-refractivity contribution in [3.8, 4) is 0 Å². The van der Waals surface area contributed by atoms with Gasteiger partial charge in [-0.1, -0.05) is 30.3 Å². The number of nitrogens with zero attached hydrogens (tertiary/aromatic N) is 1. The zero-order valence-corrected chi connectivity index (χ0v) is 12.8. The van der Waals surface area contributed by atoms with E-state index < -0.39 is 17.9 Å². The lowest BCUT2D eigenvalue weighted by atomic mass is 10.2. The van der Waals surface area contributed by atoms with E-state index >= 15 is 0 Å². The number of allylic oxidation sites excluding steroid dienone is 2. The van der Waals surface area contributed by atoms with Crippen LogP contribution in [0.25, 0.3) is 0 Å². The second-order valence-corrected chi connectivity index (χ2v) is 5.00. The Labute approximate surface area is 138 Å². The van der Waals surface area contributed by atoms with Crippen molar-refractivity contribution >= 4 is 11.9 Å². The number of aliphatic imine (C=N–C) groups is 1. The van der Waals surface area contributed by atoms with Crippen molar-refractivity contribution < 1.29 is 17.9 Å². The number of rotatable bonds is 7. The van der Waals surface area contributed by atoms with Crippen molar-refractivity contribution in [1.29, 1.82) is 0 Å². The summed E-state index contributed by atoms with van der Waals surface area (Å²) in [5.41, 5.74) is 6.49. The molecule has 0 saturated heterocycles. The second kappa shape index (κ2) is 8.88. The quantitative estimate of drug-likeness (QED) is 0.765. The Bertz CT molecular complexity index is 715. The minimum Gasteiger partial charge on any atom is -0.397 e. The zero-order chi connectivity index (χ0) is 17.4. The van der Waals surface area contributed by atoms with Crippen LogP contribution in [0.3, 0.4) is 0 Å². The second-order valence-electron chi connectivity index (χ2n) is 5.00. The lowest BCUT2D eigenvalue weighted by Crippen LogP contribution is -2.07. The van der Waals surface area contributed by atoms with Gasteiger partial charge < -0.3 is 10.5 Å². The van der Waals surface area contributed by atoms with Gasteiger partial charge in [0, 0.05) is 11.8 Å². The molecule has 0 atom stereocenters. The Kier molecular flexibility index (Phi) is 6.57. The zero-order valence-electron chi connectivity index (χ0n) is 12.8. The highest BCUT2D eigenvalue weighted by molar-refractivity contribution is 5.76. The summed E-state index contributed by atoms with van der Waals surface area (Å²) in [4.78, 5) is 4.03. The SMILES string of the molecule is NC(=CC=Nc1ccc(F)cc1COCc1ccccc1)C(F)F. The van der Waals surface area contributed by atoms with Crippen molar-refractivity contribution in [2.45, 2.75) is 19.6 Å². The third kappa shape index (κ3) is 5.55. The van der Waals surface area contributed by atoms with Gasteiger partial charge in [0.05, 0.1) is 24.6 Å². The Morgan fingerprint density at radius 3 is 2.58 bits per heavy atom. The van der Waals surface area contributed by atoms with Gasteiger partial charge in [-0.3, -0.25) is 4.99 Å². The fraction of sp³-hybridized carbons (Fsp3) is 0.167. The van der Waals surface area contributed by atoms with Crippen LogP contribution in [-0.4, -0.2) is 12.6 Å². The number of nitrogens with two attached hydrogens (primary N) is 1. The first-order valence-corrected chi connectivity index (χ1v) is 7.24. The van der Waals surface area contributed by atoms with Gasteiger partial charge in [0.25, 0.3) is 6.43 Å². The molecule has 0 aromatic heterocycles. The predicted octanol–water partition coefficient (Wildman–Crippen LogP) is 4.35. The van der Waals surface area contributed by atoms with Gasteiger partial charge in [-0.05, 0) is 29.8 Å². The topological polar surface area (TPSA) is 47.6 Å². The monoisotopic (exact) mass is 334 g/mol. The van der Waals surface area contributed by atoms with Crippen LogP contribution in [0.15, 0.2) is 65.3 Å². The molecule has 2 aromatic carbocycles. The highest BCUT2D eigenvalue weighted by Crippen LogP contribution is 2.21. The van der Waals surface area contributed by atoms with Gasteiger partial charge in [-0.15, -0.1) is 0 Å². The number of alkyl halides is 2. The van der Waals surface area contributed by atoms with Crippen LogP contribution in [-0.2, 0) is 18.0 Å². The van der Waals surface area contributed by atoms with E-state index in [1.165, 1.54) is 18.2 Å². The van der Waals surface area contributed by atoms with Crippen molar-refractivity contribution in [3.05, 3.63) is 77.2 Å². The first kappa shape index (κ1) is 17.7. The standard InChI is InChI=1S/C18H17F3N2O/c19-15-6-7-17(23-9-8-16(22)18(20)21)14(10-15)12-24-11-13-4-2-1-3-5-13/h1-10,18H,11-12,22H2. The lowest BCUT2D eigenvalue weighted by molar-refractivity contribution is 0.107. The van der Waals surface area contributed by atoms with Gasteiger partial charge in [0.15, 0.2) is 0 Å². The van der Waals surface area contributed by atoms with Crippen LogP contribution in [0.5, 0.6) is 0 Å². The fourth-order valence-corrected chi connectivity index (χ4v) is 1.93. The van der Waals surface area contributed by atoms with Crippen LogP contribution >= 0.6 is 0 Å². The molecule has 0 aliphatic carbocycles. The van der Waals surface area contributed by atoms with Gasteiger partial charge in [0.1, 0.15) is 5.82 Å². The summed E-state index contributed by atoms with van der Waals surface area (Å²) in [6.45, 7) is 0.520. The van der Waals surface area contributed by atoms with E-state index in [2.05, 4.69) is 4.99 Å². The third-order valence-corrected chi connectivity index (χ3v) is 3.14. The van der Waals surface area contributed by atoms with Crippen LogP contribution in [0.2, 0.25) is 0 Å². The molecule has 6 heteroatoms. The maximum absolute atomic E-state index is 13.4. The molecule has 0 aliphatic rings. The fourth-order valence-electron chi connectivity index (χ4n) is 1.93. The summed E-state index contributed by atoms with van der Waals surface area (Å²) in [6.07, 6.45) is -0.559. The van der Waals surface area contributed by atoms with Crippen LogP contribution in [0, 0.1) is 5.82 Å².